The van der Waals surface area contributed by atoms with E-state index in [0.717, 1.165) is 25.3 Å². The van der Waals surface area contributed by atoms with Crippen molar-refractivity contribution < 1.29 is 18.3 Å². The lowest BCUT2D eigenvalue weighted by Crippen LogP contribution is -2.43. The molecule has 0 heterocycles. The second-order valence-corrected chi connectivity index (χ2v) is 7.32. The Balaban J connectivity index is 2.02. The minimum absolute atomic E-state index is 0.0255. The zero-order valence-corrected chi connectivity index (χ0v) is 15.2. The summed E-state index contributed by atoms with van der Waals surface area (Å²) in [5.41, 5.74) is -0.160. The number of nitrogens with zero attached hydrogens (tertiary/aromatic N) is 1. The van der Waals surface area contributed by atoms with Crippen LogP contribution in [0.25, 0.3) is 0 Å². The average Bonchev–Trinajstić information content (AvgIpc) is 3.00. The molecule has 0 spiro atoms. The Hall–Kier alpha value is -1.11. The first-order valence-corrected chi connectivity index (χ1v) is 8.98. The van der Waals surface area contributed by atoms with Crippen LogP contribution in [0.1, 0.15) is 50.2 Å². The first-order valence-electron chi connectivity index (χ1n) is 8.98. The molecule has 0 radical (unpaired) electrons. The highest BCUT2D eigenvalue weighted by Gasteiger charge is 2.38. The van der Waals surface area contributed by atoms with Crippen LogP contribution in [0.3, 0.4) is 0 Å². The summed E-state index contributed by atoms with van der Waals surface area (Å²) >= 11 is 0. The summed E-state index contributed by atoms with van der Waals surface area (Å²) in [6.07, 6.45) is -2.39. The minimum atomic E-state index is -4.33. The van der Waals surface area contributed by atoms with E-state index >= 15 is 0 Å². The lowest BCUT2D eigenvalue weighted by molar-refractivity contribution is -0.138. The molecular formula is C19H29F3N2O. The molecule has 3 atom stereocenters. The Bertz CT molecular complexity index is 548. The highest BCUT2D eigenvalue weighted by Crippen LogP contribution is 2.41. The summed E-state index contributed by atoms with van der Waals surface area (Å²) in [5, 5.41) is 13.5. The van der Waals surface area contributed by atoms with Gasteiger partial charge in [-0.05, 0) is 51.3 Å². The third kappa shape index (κ3) is 5.43. The molecule has 0 saturated heterocycles. The molecule has 1 aliphatic carbocycles. The quantitative estimate of drug-likeness (QED) is 0.781. The number of halogens is 3. The number of likely N-dealkylation sites (N-methyl/N-ethyl adjacent to an activating group) is 1. The van der Waals surface area contributed by atoms with Crippen LogP contribution < -0.4 is 5.32 Å². The molecular weight excluding hydrogens is 329 g/mol. The van der Waals surface area contributed by atoms with Crippen LogP contribution in [0.5, 0.6) is 0 Å². The first kappa shape index (κ1) is 20.2. The van der Waals surface area contributed by atoms with Crippen LogP contribution in [0, 0.1) is 0 Å². The fourth-order valence-electron chi connectivity index (χ4n) is 3.55. The zero-order valence-electron chi connectivity index (χ0n) is 15.2. The van der Waals surface area contributed by atoms with E-state index in [1.54, 1.807) is 12.1 Å². The van der Waals surface area contributed by atoms with Gasteiger partial charge in [0, 0.05) is 25.2 Å². The van der Waals surface area contributed by atoms with Crippen molar-refractivity contribution in [2.45, 2.75) is 63.4 Å². The number of nitrogens with one attached hydrogen (secondary N) is 1. The summed E-state index contributed by atoms with van der Waals surface area (Å²) in [7, 11) is 1.95. The Kier molecular flexibility index (Phi) is 6.88. The Morgan fingerprint density at radius 1 is 1.24 bits per heavy atom. The molecule has 2 N–H and O–H groups in total. The van der Waals surface area contributed by atoms with Crippen molar-refractivity contribution in [1.29, 1.82) is 0 Å². The third-order valence-corrected chi connectivity index (χ3v) is 5.18. The zero-order chi connectivity index (χ0) is 18.6. The van der Waals surface area contributed by atoms with Gasteiger partial charge in [-0.3, -0.25) is 0 Å². The van der Waals surface area contributed by atoms with Crippen molar-refractivity contribution in [3.8, 4) is 0 Å². The molecule has 0 aromatic heterocycles. The van der Waals surface area contributed by atoms with Gasteiger partial charge >= 0.3 is 6.18 Å². The second kappa shape index (κ2) is 8.52. The molecule has 2 rings (SSSR count). The normalized spacial score (nSPS) is 22.8. The number of hydrogen-bond acceptors (Lipinski definition) is 3. The van der Waals surface area contributed by atoms with Gasteiger partial charge in [-0.15, -0.1) is 0 Å². The molecule has 3 nitrogen and oxygen atoms in total. The molecule has 0 amide bonds. The first-order chi connectivity index (χ1) is 11.7. The number of aliphatic hydroxyl groups is 1. The molecule has 1 saturated carbocycles. The van der Waals surface area contributed by atoms with E-state index < -0.39 is 17.8 Å². The molecule has 0 aliphatic heterocycles. The summed E-state index contributed by atoms with van der Waals surface area (Å²) in [4.78, 5) is 2.05. The van der Waals surface area contributed by atoms with E-state index in [4.69, 9.17) is 0 Å². The molecule has 142 valence electrons. The van der Waals surface area contributed by atoms with Crippen LogP contribution in [0.4, 0.5) is 13.2 Å². The highest BCUT2D eigenvalue weighted by molar-refractivity contribution is 5.34. The van der Waals surface area contributed by atoms with Gasteiger partial charge in [0.1, 0.15) is 0 Å². The van der Waals surface area contributed by atoms with Crippen molar-refractivity contribution in [2.24, 2.45) is 0 Å². The van der Waals surface area contributed by atoms with Crippen LogP contribution in [-0.2, 0) is 6.18 Å². The van der Waals surface area contributed by atoms with E-state index in [1.807, 2.05) is 7.05 Å². The van der Waals surface area contributed by atoms with Crippen molar-refractivity contribution in [3.63, 3.8) is 0 Å². The highest BCUT2D eigenvalue weighted by atomic mass is 19.4. The Morgan fingerprint density at radius 2 is 1.92 bits per heavy atom. The largest absolute Gasteiger partial charge is 0.416 e. The molecule has 1 aromatic carbocycles. The van der Waals surface area contributed by atoms with Crippen LogP contribution in [0.15, 0.2) is 24.3 Å². The predicted octanol–water partition coefficient (Wildman–Crippen LogP) is 3.63. The molecule has 6 heteroatoms. The van der Waals surface area contributed by atoms with Crippen LogP contribution >= 0.6 is 0 Å². The fraction of sp³-hybridized carbons (Fsp3) is 0.684. The van der Waals surface area contributed by atoms with Crippen molar-refractivity contribution in [3.05, 3.63) is 35.4 Å². The number of hydrogen-bond donors (Lipinski definition) is 2. The van der Waals surface area contributed by atoms with Gasteiger partial charge in [0.25, 0.3) is 0 Å². The van der Waals surface area contributed by atoms with Crippen molar-refractivity contribution >= 4 is 0 Å². The summed E-state index contributed by atoms with van der Waals surface area (Å²) in [6, 6.07) is 6.19. The van der Waals surface area contributed by atoms with Gasteiger partial charge in [0.2, 0.25) is 0 Å². The SMILES string of the molecule is CC(C)N(C)C[C@H](O)CNC1CCCC1c1ccccc1C(F)(F)F. The van der Waals surface area contributed by atoms with Gasteiger partial charge in [-0.2, -0.15) is 13.2 Å². The predicted molar refractivity (Wildman–Crippen MR) is 93.6 cm³/mol. The number of aliphatic hydroxyl groups excluding tert-OH is 1. The summed E-state index contributed by atoms with van der Waals surface area (Å²) < 4.78 is 39.9. The van der Waals surface area contributed by atoms with E-state index in [9.17, 15) is 18.3 Å². The van der Waals surface area contributed by atoms with Crippen LogP contribution in [0.2, 0.25) is 0 Å². The molecule has 1 aromatic rings. The van der Waals surface area contributed by atoms with E-state index in [0.29, 0.717) is 24.7 Å². The van der Waals surface area contributed by atoms with E-state index in [2.05, 4.69) is 24.1 Å². The number of alkyl halides is 3. The number of benzene rings is 1. The van der Waals surface area contributed by atoms with Gasteiger partial charge in [0.15, 0.2) is 0 Å². The standard InChI is InChI=1S/C19H29F3N2O/c1-13(2)24(3)12-14(25)11-23-18-10-6-8-16(18)15-7-4-5-9-17(15)19(20,21)22/h4-5,7,9,13-14,16,18,23,25H,6,8,10-12H2,1-3H3/t14-,16?,18?/m1/s1. The van der Waals surface area contributed by atoms with E-state index in [-0.39, 0.29) is 12.0 Å². The Morgan fingerprint density at radius 3 is 2.56 bits per heavy atom. The monoisotopic (exact) mass is 358 g/mol. The van der Waals surface area contributed by atoms with Gasteiger partial charge in [0.05, 0.1) is 11.7 Å². The Labute approximate surface area is 148 Å². The molecule has 1 aliphatic rings. The maximum atomic E-state index is 13.3. The maximum Gasteiger partial charge on any atom is 0.416 e. The van der Waals surface area contributed by atoms with E-state index in [1.165, 1.54) is 6.07 Å². The topological polar surface area (TPSA) is 35.5 Å². The smallest absolute Gasteiger partial charge is 0.390 e. The lowest BCUT2D eigenvalue weighted by Gasteiger charge is -2.28. The van der Waals surface area contributed by atoms with Crippen LogP contribution in [-0.4, -0.2) is 48.3 Å². The van der Waals surface area contributed by atoms with Crippen molar-refractivity contribution in [1.82, 2.24) is 10.2 Å². The minimum Gasteiger partial charge on any atom is -0.390 e. The second-order valence-electron chi connectivity index (χ2n) is 7.32. The number of rotatable bonds is 7. The van der Waals surface area contributed by atoms with Crippen molar-refractivity contribution in [2.75, 3.05) is 20.1 Å². The van der Waals surface area contributed by atoms with Gasteiger partial charge in [-0.25, -0.2) is 0 Å². The molecule has 0 bridgehead atoms. The molecule has 25 heavy (non-hydrogen) atoms. The summed E-state index contributed by atoms with van der Waals surface area (Å²) in [5.74, 6) is -0.159. The maximum absolute atomic E-state index is 13.3. The molecule has 2 unspecified atom stereocenters. The summed E-state index contributed by atoms with van der Waals surface area (Å²) in [6.45, 7) is 5.05. The van der Waals surface area contributed by atoms with Gasteiger partial charge in [-0.1, -0.05) is 24.6 Å². The third-order valence-electron chi connectivity index (χ3n) is 5.18. The fourth-order valence-corrected chi connectivity index (χ4v) is 3.55. The average molecular weight is 358 g/mol. The lowest BCUT2D eigenvalue weighted by atomic mass is 9.89. The molecule has 1 fully saturated rings. The van der Waals surface area contributed by atoms with Gasteiger partial charge < -0.3 is 15.3 Å².